The summed E-state index contributed by atoms with van der Waals surface area (Å²) >= 11 is 0. The van der Waals surface area contributed by atoms with Crippen LogP contribution in [0.2, 0.25) is 0 Å². The maximum absolute atomic E-state index is 12.9. The first kappa shape index (κ1) is 19.3. The van der Waals surface area contributed by atoms with Crippen molar-refractivity contribution < 1.29 is 4.79 Å². The summed E-state index contributed by atoms with van der Waals surface area (Å²) in [6.07, 6.45) is 7.02. The second kappa shape index (κ2) is 8.19. The second-order valence-electron chi connectivity index (χ2n) is 7.02. The number of nitrogens with two attached hydrogens (primary N) is 1. The lowest BCUT2D eigenvalue weighted by Gasteiger charge is -2.22. The summed E-state index contributed by atoms with van der Waals surface area (Å²) in [5, 5.41) is 2.87. The third-order valence-electron chi connectivity index (χ3n) is 4.95. The van der Waals surface area contributed by atoms with Crippen molar-refractivity contribution in [2.75, 3.05) is 16.0 Å². The van der Waals surface area contributed by atoms with E-state index < -0.39 is 0 Å². The van der Waals surface area contributed by atoms with Gasteiger partial charge in [-0.15, -0.1) is 0 Å². The SMILES string of the molecule is Nc1ccccc1NC(=O)c1cccc(N(c2ncccn2)c2cnc3ccccn23)c1. The zero-order valence-electron chi connectivity index (χ0n) is 17.0. The molecule has 8 nitrogen and oxygen atoms in total. The van der Waals surface area contributed by atoms with Crippen molar-refractivity contribution in [1.82, 2.24) is 19.4 Å². The molecule has 8 heteroatoms. The van der Waals surface area contributed by atoms with Crippen LogP contribution in [-0.2, 0) is 0 Å². The number of anilines is 5. The summed E-state index contributed by atoms with van der Waals surface area (Å²) in [5.74, 6) is 0.941. The number of amides is 1. The molecule has 3 N–H and O–H groups in total. The van der Waals surface area contributed by atoms with Crippen molar-refractivity contribution in [1.29, 1.82) is 0 Å². The largest absolute Gasteiger partial charge is 0.397 e. The molecular formula is C24H19N7O. The number of nitrogens with zero attached hydrogens (tertiary/aromatic N) is 5. The van der Waals surface area contributed by atoms with E-state index in [4.69, 9.17) is 5.73 Å². The zero-order chi connectivity index (χ0) is 21.9. The summed E-state index contributed by atoms with van der Waals surface area (Å²) < 4.78 is 1.94. The molecule has 5 aromatic rings. The van der Waals surface area contributed by atoms with E-state index in [2.05, 4.69) is 20.3 Å². The van der Waals surface area contributed by atoms with E-state index >= 15 is 0 Å². The van der Waals surface area contributed by atoms with Crippen molar-refractivity contribution in [3.05, 3.63) is 103 Å². The highest BCUT2D eigenvalue weighted by Crippen LogP contribution is 2.33. The van der Waals surface area contributed by atoms with E-state index in [1.54, 1.807) is 48.9 Å². The fraction of sp³-hybridized carbons (Fsp3) is 0. The van der Waals surface area contributed by atoms with Crippen molar-refractivity contribution in [2.24, 2.45) is 0 Å². The first-order valence-corrected chi connectivity index (χ1v) is 9.96. The Morgan fingerprint density at radius 2 is 1.72 bits per heavy atom. The normalized spacial score (nSPS) is 10.8. The van der Waals surface area contributed by atoms with Gasteiger partial charge in [0.15, 0.2) is 0 Å². The van der Waals surface area contributed by atoms with Crippen LogP contribution in [0.15, 0.2) is 97.6 Å². The number of carbonyl (C=O) groups excluding carboxylic acids is 1. The number of carbonyl (C=O) groups is 1. The van der Waals surface area contributed by atoms with Crippen LogP contribution in [-0.4, -0.2) is 25.3 Å². The van der Waals surface area contributed by atoms with E-state index in [9.17, 15) is 4.79 Å². The van der Waals surface area contributed by atoms with Gasteiger partial charge in [-0.2, -0.15) is 0 Å². The number of rotatable bonds is 5. The van der Waals surface area contributed by atoms with Gasteiger partial charge in [-0.1, -0.05) is 24.3 Å². The van der Waals surface area contributed by atoms with E-state index in [-0.39, 0.29) is 5.91 Å². The smallest absolute Gasteiger partial charge is 0.255 e. The average Bonchev–Trinajstić information content (AvgIpc) is 3.25. The molecule has 5 rings (SSSR count). The quantitative estimate of drug-likeness (QED) is 0.407. The fourth-order valence-electron chi connectivity index (χ4n) is 3.43. The fourth-order valence-corrected chi connectivity index (χ4v) is 3.43. The van der Waals surface area contributed by atoms with E-state index in [0.717, 1.165) is 17.2 Å². The van der Waals surface area contributed by atoms with Crippen molar-refractivity contribution >= 4 is 40.4 Å². The lowest BCUT2D eigenvalue weighted by Crippen LogP contribution is -2.17. The van der Waals surface area contributed by atoms with Crippen molar-refractivity contribution in [3.63, 3.8) is 0 Å². The molecule has 0 aliphatic heterocycles. The molecule has 1 amide bonds. The van der Waals surface area contributed by atoms with Crippen LogP contribution in [0.5, 0.6) is 0 Å². The van der Waals surface area contributed by atoms with E-state index in [1.165, 1.54) is 0 Å². The lowest BCUT2D eigenvalue weighted by molar-refractivity contribution is 0.102. The minimum Gasteiger partial charge on any atom is -0.397 e. The molecule has 0 saturated carbocycles. The molecule has 3 heterocycles. The van der Waals surface area contributed by atoms with Gasteiger partial charge in [0.2, 0.25) is 5.95 Å². The highest BCUT2D eigenvalue weighted by atomic mass is 16.1. The summed E-state index contributed by atoms with van der Waals surface area (Å²) in [7, 11) is 0. The standard InChI is InChI=1S/C24H19N7O/c25-19-9-1-2-10-20(19)29-23(32)17-7-5-8-18(15-17)31(24-26-12-6-13-27-24)22-16-28-21-11-3-4-14-30(21)22/h1-16H,25H2,(H,29,32). The van der Waals surface area contributed by atoms with Gasteiger partial charge < -0.3 is 11.1 Å². The molecule has 156 valence electrons. The first-order valence-electron chi connectivity index (χ1n) is 9.96. The predicted molar refractivity (Wildman–Crippen MR) is 124 cm³/mol. The average molecular weight is 421 g/mol. The van der Waals surface area contributed by atoms with Crippen LogP contribution >= 0.6 is 0 Å². The predicted octanol–water partition coefficient (Wildman–Crippen LogP) is 4.43. The Hall–Kier alpha value is -4.72. The summed E-state index contributed by atoms with van der Waals surface area (Å²) in [5.41, 5.74) is 9.01. The van der Waals surface area contributed by atoms with E-state index in [0.29, 0.717) is 22.9 Å². The number of fused-ring (bicyclic) bond motifs is 1. The Morgan fingerprint density at radius 1 is 0.906 bits per heavy atom. The third kappa shape index (κ3) is 3.61. The number of pyridine rings is 1. The molecule has 0 aliphatic carbocycles. The molecule has 0 aliphatic rings. The topological polar surface area (TPSA) is 101 Å². The highest BCUT2D eigenvalue weighted by molar-refractivity contribution is 6.06. The number of aromatic nitrogens is 4. The van der Waals surface area contributed by atoms with Gasteiger partial charge in [0.25, 0.3) is 5.91 Å². The van der Waals surface area contributed by atoms with Gasteiger partial charge in [-0.3, -0.25) is 14.1 Å². The molecule has 0 atom stereocenters. The van der Waals surface area contributed by atoms with Gasteiger partial charge >= 0.3 is 0 Å². The number of nitrogens with one attached hydrogen (secondary N) is 1. The Kier molecular flexibility index (Phi) is 4.93. The maximum Gasteiger partial charge on any atom is 0.255 e. The van der Waals surface area contributed by atoms with Gasteiger partial charge in [-0.05, 0) is 48.5 Å². The summed E-state index contributed by atoms with van der Waals surface area (Å²) in [4.78, 5) is 28.1. The van der Waals surface area contributed by atoms with Crippen LogP contribution in [0.25, 0.3) is 5.65 Å². The number of hydrogen-bond acceptors (Lipinski definition) is 6. The van der Waals surface area contributed by atoms with Crippen LogP contribution < -0.4 is 16.0 Å². The van der Waals surface area contributed by atoms with Gasteiger partial charge in [0.1, 0.15) is 11.5 Å². The maximum atomic E-state index is 12.9. The minimum absolute atomic E-state index is 0.267. The molecular weight excluding hydrogens is 402 g/mol. The molecule has 0 fully saturated rings. The number of hydrogen-bond donors (Lipinski definition) is 2. The highest BCUT2D eigenvalue weighted by Gasteiger charge is 2.20. The van der Waals surface area contributed by atoms with Crippen molar-refractivity contribution in [3.8, 4) is 0 Å². The monoisotopic (exact) mass is 421 g/mol. The Balaban J connectivity index is 1.57. The molecule has 0 spiro atoms. The first-order chi connectivity index (χ1) is 15.7. The number of benzene rings is 2. The lowest BCUT2D eigenvalue weighted by atomic mass is 10.1. The number of nitrogen functional groups attached to an aromatic ring is 1. The second-order valence-corrected chi connectivity index (χ2v) is 7.02. The molecule has 0 unspecified atom stereocenters. The Morgan fingerprint density at radius 3 is 2.56 bits per heavy atom. The van der Waals surface area contributed by atoms with Crippen LogP contribution in [0.4, 0.5) is 28.8 Å². The Bertz CT molecular complexity index is 1400. The van der Waals surface area contributed by atoms with Crippen LogP contribution in [0.1, 0.15) is 10.4 Å². The zero-order valence-corrected chi connectivity index (χ0v) is 17.0. The summed E-state index contributed by atoms with van der Waals surface area (Å²) in [6.45, 7) is 0. The molecule has 2 aromatic carbocycles. The third-order valence-corrected chi connectivity index (χ3v) is 4.95. The van der Waals surface area contributed by atoms with Crippen molar-refractivity contribution in [2.45, 2.75) is 0 Å². The molecule has 32 heavy (non-hydrogen) atoms. The van der Waals surface area contributed by atoms with Crippen LogP contribution in [0, 0.1) is 0 Å². The number of para-hydroxylation sites is 2. The van der Waals surface area contributed by atoms with Crippen LogP contribution in [0.3, 0.4) is 0 Å². The minimum atomic E-state index is -0.267. The Labute approximate surface area is 184 Å². The molecule has 0 radical (unpaired) electrons. The molecule has 0 saturated heterocycles. The van der Waals surface area contributed by atoms with Gasteiger partial charge in [0.05, 0.1) is 23.3 Å². The van der Waals surface area contributed by atoms with Gasteiger partial charge in [0, 0.05) is 24.2 Å². The molecule has 0 bridgehead atoms. The number of imidazole rings is 1. The van der Waals surface area contributed by atoms with Gasteiger partial charge in [-0.25, -0.2) is 15.0 Å². The molecule has 3 aromatic heterocycles. The van der Waals surface area contributed by atoms with E-state index in [1.807, 2.05) is 58.0 Å². The summed E-state index contributed by atoms with van der Waals surface area (Å²) in [6, 6.07) is 21.9.